The number of aromatic hydroxyl groups is 1. The molecule has 2 aromatic rings. The summed E-state index contributed by atoms with van der Waals surface area (Å²) in [6.07, 6.45) is 2.62. The van der Waals surface area contributed by atoms with Crippen LogP contribution in [0.3, 0.4) is 0 Å². The van der Waals surface area contributed by atoms with E-state index in [9.17, 15) is 5.11 Å². The van der Waals surface area contributed by atoms with Crippen LogP contribution < -0.4 is 5.73 Å². The van der Waals surface area contributed by atoms with Crippen LogP contribution in [-0.4, -0.2) is 21.3 Å². The average Bonchev–Trinajstić information content (AvgIpc) is 2.78. The molecule has 0 radical (unpaired) electrons. The van der Waals surface area contributed by atoms with Gasteiger partial charge in [0.05, 0.1) is 0 Å². The fourth-order valence-corrected chi connectivity index (χ4v) is 1.66. The van der Waals surface area contributed by atoms with E-state index in [0.717, 1.165) is 24.8 Å². The van der Waals surface area contributed by atoms with Gasteiger partial charge in [-0.1, -0.05) is 5.16 Å². The van der Waals surface area contributed by atoms with Gasteiger partial charge in [0.2, 0.25) is 11.7 Å². The molecule has 0 amide bonds. The van der Waals surface area contributed by atoms with E-state index in [1.807, 2.05) is 6.92 Å². The number of rotatable bonds is 5. The molecule has 5 nitrogen and oxygen atoms in total. The molecule has 0 spiro atoms. The fourth-order valence-electron chi connectivity index (χ4n) is 1.66. The second kappa shape index (κ2) is 5.64. The minimum absolute atomic E-state index is 0.199. The van der Waals surface area contributed by atoms with Gasteiger partial charge in [-0.3, -0.25) is 0 Å². The highest BCUT2D eigenvalue weighted by atomic mass is 16.5. The molecule has 1 heterocycles. The lowest BCUT2D eigenvalue weighted by Gasteiger charge is -2.00. The van der Waals surface area contributed by atoms with Crippen LogP contribution >= 0.6 is 0 Å². The van der Waals surface area contributed by atoms with Gasteiger partial charge in [0.1, 0.15) is 5.75 Å². The number of phenolic OH excluding ortho intramolecular Hbond substituents is 1. The predicted octanol–water partition coefficient (Wildman–Crippen LogP) is 2.11. The highest BCUT2D eigenvalue weighted by Crippen LogP contribution is 2.19. The van der Waals surface area contributed by atoms with E-state index in [4.69, 9.17) is 10.3 Å². The number of nitrogens with two attached hydrogens (primary N) is 1. The van der Waals surface area contributed by atoms with Crippen molar-refractivity contribution >= 4 is 0 Å². The molecule has 0 saturated carbocycles. The zero-order chi connectivity index (χ0) is 13.0. The Morgan fingerprint density at radius 1 is 1.33 bits per heavy atom. The lowest BCUT2D eigenvalue weighted by molar-refractivity contribution is 0.373. The third kappa shape index (κ3) is 3.30. The van der Waals surface area contributed by atoms with E-state index in [0.29, 0.717) is 11.7 Å². The van der Waals surface area contributed by atoms with Gasteiger partial charge in [-0.15, -0.1) is 0 Å². The maximum absolute atomic E-state index is 9.20. The van der Waals surface area contributed by atoms with E-state index in [2.05, 4.69) is 10.1 Å². The minimum Gasteiger partial charge on any atom is -0.508 e. The van der Waals surface area contributed by atoms with Crippen LogP contribution in [0.5, 0.6) is 5.75 Å². The van der Waals surface area contributed by atoms with E-state index in [-0.39, 0.29) is 11.8 Å². The van der Waals surface area contributed by atoms with Gasteiger partial charge in [0, 0.05) is 18.0 Å². The molecule has 0 bridgehead atoms. The van der Waals surface area contributed by atoms with Gasteiger partial charge in [0.15, 0.2) is 0 Å². The second-order valence-corrected chi connectivity index (χ2v) is 4.43. The smallest absolute Gasteiger partial charge is 0.226 e. The SMILES string of the molecule is CC(N)CCCc1nc(-c2ccc(O)cc2)no1. The van der Waals surface area contributed by atoms with Crippen LogP contribution in [0.15, 0.2) is 28.8 Å². The van der Waals surface area contributed by atoms with Crippen molar-refractivity contribution in [2.24, 2.45) is 5.73 Å². The Labute approximate surface area is 106 Å². The number of hydrogen-bond acceptors (Lipinski definition) is 5. The molecule has 0 aliphatic heterocycles. The largest absolute Gasteiger partial charge is 0.508 e. The summed E-state index contributed by atoms with van der Waals surface area (Å²) in [5, 5.41) is 13.1. The number of aromatic nitrogens is 2. The standard InChI is InChI=1S/C13H17N3O2/c1-9(14)3-2-4-12-15-13(16-18-12)10-5-7-11(17)8-6-10/h5-9,17H,2-4,14H2,1H3. The average molecular weight is 247 g/mol. The summed E-state index contributed by atoms with van der Waals surface area (Å²) in [7, 11) is 0. The van der Waals surface area contributed by atoms with E-state index in [1.54, 1.807) is 24.3 Å². The maximum Gasteiger partial charge on any atom is 0.226 e. The summed E-state index contributed by atoms with van der Waals surface area (Å²) in [4.78, 5) is 4.31. The summed E-state index contributed by atoms with van der Waals surface area (Å²) in [6, 6.07) is 6.91. The molecule has 1 atom stereocenters. The van der Waals surface area contributed by atoms with Gasteiger partial charge in [0.25, 0.3) is 0 Å². The van der Waals surface area contributed by atoms with Crippen LogP contribution in [0.1, 0.15) is 25.7 Å². The third-order valence-corrected chi connectivity index (χ3v) is 2.64. The van der Waals surface area contributed by atoms with E-state index in [1.165, 1.54) is 0 Å². The Kier molecular flexibility index (Phi) is 3.94. The second-order valence-electron chi connectivity index (χ2n) is 4.43. The molecule has 0 saturated heterocycles. The molecular weight excluding hydrogens is 230 g/mol. The predicted molar refractivity (Wildman–Crippen MR) is 68.0 cm³/mol. The Balaban J connectivity index is 1.99. The lowest BCUT2D eigenvalue weighted by Crippen LogP contribution is -2.14. The van der Waals surface area contributed by atoms with Gasteiger partial charge >= 0.3 is 0 Å². The van der Waals surface area contributed by atoms with Gasteiger partial charge in [-0.25, -0.2) is 0 Å². The first-order valence-corrected chi connectivity index (χ1v) is 6.02. The highest BCUT2D eigenvalue weighted by Gasteiger charge is 2.08. The molecule has 1 aromatic heterocycles. The van der Waals surface area contributed by atoms with Crippen molar-refractivity contribution in [3.8, 4) is 17.1 Å². The topological polar surface area (TPSA) is 85.2 Å². The summed E-state index contributed by atoms with van der Waals surface area (Å²) >= 11 is 0. The Morgan fingerprint density at radius 3 is 2.72 bits per heavy atom. The van der Waals surface area contributed by atoms with Crippen molar-refractivity contribution in [2.75, 3.05) is 0 Å². The number of hydrogen-bond donors (Lipinski definition) is 2. The third-order valence-electron chi connectivity index (χ3n) is 2.64. The van der Waals surface area contributed by atoms with Crippen molar-refractivity contribution in [3.63, 3.8) is 0 Å². The number of aryl methyl sites for hydroxylation is 1. The summed E-state index contributed by atoms with van der Waals surface area (Å²) in [5.41, 5.74) is 6.51. The Morgan fingerprint density at radius 2 is 2.06 bits per heavy atom. The molecule has 0 aliphatic carbocycles. The fraction of sp³-hybridized carbons (Fsp3) is 0.385. The molecule has 5 heteroatoms. The minimum atomic E-state index is 0.199. The molecule has 0 aliphatic rings. The monoisotopic (exact) mass is 247 g/mol. The summed E-state index contributed by atoms with van der Waals surface area (Å²) < 4.78 is 5.17. The van der Waals surface area contributed by atoms with Crippen molar-refractivity contribution in [1.82, 2.24) is 10.1 Å². The molecule has 3 N–H and O–H groups in total. The number of nitrogens with zero attached hydrogens (tertiary/aromatic N) is 2. The first-order chi connectivity index (χ1) is 8.65. The molecule has 2 rings (SSSR count). The number of phenols is 1. The van der Waals surface area contributed by atoms with Crippen molar-refractivity contribution < 1.29 is 9.63 Å². The van der Waals surface area contributed by atoms with Crippen molar-refractivity contribution in [2.45, 2.75) is 32.2 Å². The first kappa shape index (κ1) is 12.6. The molecule has 1 aromatic carbocycles. The van der Waals surface area contributed by atoms with Crippen LogP contribution in [0.2, 0.25) is 0 Å². The van der Waals surface area contributed by atoms with E-state index < -0.39 is 0 Å². The maximum atomic E-state index is 9.20. The quantitative estimate of drug-likeness (QED) is 0.845. The highest BCUT2D eigenvalue weighted by molar-refractivity contribution is 5.55. The normalized spacial score (nSPS) is 12.6. The first-order valence-electron chi connectivity index (χ1n) is 6.02. The zero-order valence-corrected chi connectivity index (χ0v) is 10.3. The van der Waals surface area contributed by atoms with Gasteiger partial charge in [-0.05, 0) is 44.0 Å². The number of benzene rings is 1. The Bertz CT molecular complexity index is 491. The molecule has 1 unspecified atom stereocenters. The van der Waals surface area contributed by atoms with Crippen LogP contribution in [0.4, 0.5) is 0 Å². The Hall–Kier alpha value is -1.88. The molecule has 18 heavy (non-hydrogen) atoms. The van der Waals surface area contributed by atoms with Crippen LogP contribution in [0, 0.1) is 0 Å². The molecule has 96 valence electrons. The summed E-state index contributed by atoms with van der Waals surface area (Å²) in [6.45, 7) is 1.98. The van der Waals surface area contributed by atoms with Crippen molar-refractivity contribution in [1.29, 1.82) is 0 Å². The summed E-state index contributed by atoms with van der Waals surface area (Å²) in [5.74, 6) is 1.39. The van der Waals surface area contributed by atoms with Crippen molar-refractivity contribution in [3.05, 3.63) is 30.2 Å². The van der Waals surface area contributed by atoms with Crippen LogP contribution in [-0.2, 0) is 6.42 Å². The van der Waals surface area contributed by atoms with Crippen LogP contribution in [0.25, 0.3) is 11.4 Å². The molecular formula is C13H17N3O2. The van der Waals surface area contributed by atoms with E-state index >= 15 is 0 Å². The molecule has 0 fully saturated rings. The zero-order valence-electron chi connectivity index (χ0n) is 10.3. The van der Waals surface area contributed by atoms with Gasteiger partial charge < -0.3 is 15.4 Å². The lowest BCUT2D eigenvalue weighted by atomic mass is 10.1. The van der Waals surface area contributed by atoms with Gasteiger partial charge in [-0.2, -0.15) is 4.98 Å².